The van der Waals surface area contributed by atoms with Gasteiger partial charge in [-0.2, -0.15) is 0 Å². The summed E-state index contributed by atoms with van der Waals surface area (Å²) in [5.74, 6) is 0.742. The topological polar surface area (TPSA) is 67.2 Å². The molecule has 1 fully saturated rings. The minimum absolute atomic E-state index is 0.0245. The van der Waals surface area contributed by atoms with Crippen LogP contribution in [0.4, 0.5) is 5.69 Å². The number of amides is 1. The number of carbonyl (C=O) groups is 1. The Bertz CT molecular complexity index is 1090. The van der Waals surface area contributed by atoms with Crippen molar-refractivity contribution in [3.05, 3.63) is 80.7 Å². The first kappa shape index (κ1) is 19.1. The van der Waals surface area contributed by atoms with Gasteiger partial charge in [0.05, 0.1) is 18.7 Å². The van der Waals surface area contributed by atoms with E-state index in [1.807, 2.05) is 51.2 Å². The molecule has 5 rings (SSSR count). The maximum Gasteiger partial charge on any atom is 0.274 e. The Labute approximate surface area is 179 Å². The second-order valence-corrected chi connectivity index (χ2v) is 9.15. The van der Waals surface area contributed by atoms with Gasteiger partial charge in [-0.25, -0.2) is 0 Å². The van der Waals surface area contributed by atoms with Crippen LogP contribution in [-0.4, -0.2) is 33.4 Å². The Morgan fingerprint density at radius 2 is 2.07 bits per heavy atom. The fourth-order valence-corrected chi connectivity index (χ4v) is 5.34. The van der Waals surface area contributed by atoms with Crippen molar-refractivity contribution in [2.45, 2.75) is 31.8 Å². The van der Waals surface area contributed by atoms with Crippen LogP contribution in [0.3, 0.4) is 0 Å². The van der Waals surface area contributed by atoms with Crippen LogP contribution in [0.2, 0.25) is 0 Å². The van der Waals surface area contributed by atoms with Gasteiger partial charge in [0.25, 0.3) is 5.56 Å². The Balaban J connectivity index is 1.32. The predicted octanol–water partition coefficient (Wildman–Crippen LogP) is 3.11. The first-order chi connectivity index (χ1) is 14.7. The Morgan fingerprint density at radius 3 is 2.87 bits per heavy atom. The van der Waals surface area contributed by atoms with E-state index in [-0.39, 0.29) is 17.4 Å². The van der Waals surface area contributed by atoms with Crippen molar-refractivity contribution in [2.24, 2.45) is 5.92 Å². The lowest BCUT2D eigenvalue weighted by atomic mass is 9.83. The molecule has 0 spiro atoms. The number of carbonyl (C=O) groups excluding carboxylic acids is 1. The number of thiophene rings is 1. The summed E-state index contributed by atoms with van der Waals surface area (Å²) < 4.78 is 1.92. The van der Waals surface area contributed by atoms with Crippen molar-refractivity contribution in [1.82, 2.24) is 14.5 Å². The largest absolute Gasteiger partial charge is 0.375 e. The van der Waals surface area contributed by atoms with Crippen LogP contribution in [0.15, 0.2) is 58.8 Å². The smallest absolute Gasteiger partial charge is 0.274 e. The highest BCUT2D eigenvalue weighted by atomic mass is 32.1. The fraction of sp³-hybridized carbons (Fsp3) is 0.348. The number of likely N-dealkylation sites (tertiary alicyclic amines) is 1. The zero-order valence-corrected chi connectivity index (χ0v) is 17.5. The number of hydrogen-bond acceptors (Lipinski definition) is 5. The van der Waals surface area contributed by atoms with Crippen molar-refractivity contribution in [3.8, 4) is 0 Å². The van der Waals surface area contributed by atoms with E-state index in [1.54, 1.807) is 17.5 Å². The monoisotopic (exact) mass is 420 g/mol. The molecule has 0 unspecified atom stereocenters. The van der Waals surface area contributed by atoms with E-state index in [9.17, 15) is 9.59 Å². The number of hydrogen-bond donors (Lipinski definition) is 1. The third-order valence-electron chi connectivity index (χ3n) is 6.05. The van der Waals surface area contributed by atoms with Gasteiger partial charge in [-0.15, -0.1) is 11.3 Å². The lowest BCUT2D eigenvalue weighted by Gasteiger charge is -2.43. The molecular weight excluding hydrogens is 396 g/mol. The van der Waals surface area contributed by atoms with Crippen LogP contribution in [0.25, 0.3) is 0 Å². The fourth-order valence-electron chi connectivity index (χ4n) is 4.65. The van der Waals surface area contributed by atoms with Crippen molar-refractivity contribution >= 4 is 22.9 Å². The molecule has 0 saturated carbocycles. The van der Waals surface area contributed by atoms with E-state index in [2.05, 4.69) is 16.4 Å². The molecule has 5 heterocycles. The maximum atomic E-state index is 13.1. The SMILES string of the molecule is O=C(Cc1cccs1)N1C[C@H]2C[C@H](C1)c1ccc(NCc3ccccn3)c(=O)n1C2. The number of anilines is 1. The average molecular weight is 421 g/mol. The van der Waals surface area contributed by atoms with Gasteiger partial charge in [0.15, 0.2) is 0 Å². The highest BCUT2D eigenvalue weighted by Gasteiger charge is 2.36. The summed E-state index contributed by atoms with van der Waals surface area (Å²) in [6.07, 6.45) is 3.27. The summed E-state index contributed by atoms with van der Waals surface area (Å²) >= 11 is 1.63. The van der Waals surface area contributed by atoms with Crippen molar-refractivity contribution in [1.29, 1.82) is 0 Å². The Kier molecular flexibility index (Phi) is 5.12. The molecule has 154 valence electrons. The molecule has 0 radical (unpaired) electrons. The van der Waals surface area contributed by atoms with E-state index in [0.29, 0.717) is 37.7 Å². The quantitative estimate of drug-likeness (QED) is 0.689. The molecule has 0 aromatic carbocycles. The van der Waals surface area contributed by atoms with Gasteiger partial charge in [-0.1, -0.05) is 12.1 Å². The number of fused-ring (bicyclic) bond motifs is 4. The van der Waals surface area contributed by atoms with Gasteiger partial charge < -0.3 is 14.8 Å². The van der Waals surface area contributed by atoms with E-state index in [1.165, 1.54) is 0 Å². The van der Waals surface area contributed by atoms with Gasteiger partial charge >= 0.3 is 0 Å². The molecule has 2 aliphatic heterocycles. The Morgan fingerprint density at radius 1 is 1.13 bits per heavy atom. The predicted molar refractivity (Wildman–Crippen MR) is 118 cm³/mol. The molecule has 1 amide bonds. The van der Waals surface area contributed by atoms with Gasteiger partial charge in [-0.3, -0.25) is 14.6 Å². The first-order valence-corrected chi connectivity index (χ1v) is 11.2. The van der Waals surface area contributed by atoms with Crippen LogP contribution in [-0.2, 0) is 24.3 Å². The summed E-state index contributed by atoms with van der Waals surface area (Å²) in [5.41, 5.74) is 2.58. The summed E-state index contributed by atoms with van der Waals surface area (Å²) in [6, 6.07) is 13.7. The van der Waals surface area contributed by atoms with E-state index >= 15 is 0 Å². The van der Waals surface area contributed by atoms with E-state index in [0.717, 1.165) is 29.2 Å². The molecule has 1 N–H and O–H groups in total. The molecule has 2 bridgehead atoms. The van der Waals surface area contributed by atoms with Gasteiger partial charge in [0.1, 0.15) is 5.69 Å². The summed E-state index contributed by atoms with van der Waals surface area (Å²) in [7, 11) is 0. The van der Waals surface area contributed by atoms with Crippen LogP contribution < -0.4 is 10.9 Å². The molecule has 2 atom stereocenters. The third kappa shape index (κ3) is 3.77. The Hall–Kier alpha value is -2.93. The third-order valence-corrected chi connectivity index (χ3v) is 6.93. The molecule has 3 aromatic heterocycles. The highest BCUT2D eigenvalue weighted by Crippen LogP contribution is 2.35. The second-order valence-electron chi connectivity index (χ2n) is 8.12. The van der Waals surface area contributed by atoms with Crippen LogP contribution in [0, 0.1) is 5.92 Å². The summed E-state index contributed by atoms with van der Waals surface area (Å²) in [6.45, 7) is 2.62. The minimum atomic E-state index is 0.0245. The molecule has 2 aliphatic rings. The van der Waals surface area contributed by atoms with Gasteiger partial charge in [-0.05, 0) is 48.1 Å². The molecule has 6 nitrogen and oxygen atoms in total. The molecule has 7 heteroatoms. The summed E-state index contributed by atoms with van der Waals surface area (Å²) in [5, 5.41) is 5.25. The normalized spacial score (nSPS) is 19.9. The lowest BCUT2D eigenvalue weighted by molar-refractivity contribution is -0.133. The standard InChI is InChI=1S/C23H24N4O2S/c28-22(11-19-5-3-9-30-19)26-13-16-10-17(15-26)21-7-6-20(23(29)27(21)14-16)25-12-18-4-1-2-8-24-18/h1-9,16-17,25H,10-15H2/t16-,17-/m1/s1. The highest BCUT2D eigenvalue weighted by molar-refractivity contribution is 7.10. The summed E-state index contributed by atoms with van der Waals surface area (Å²) in [4.78, 5) is 33.3. The zero-order valence-electron chi connectivity index (χ0n) is 16.7. The van der Waals surface area contributed by atoms with Crippen molar-refractivity contribution in [2.75, 3.05) is 18.4 Å². The molecule has 30 heavy (non-hydrogen) atoms. The van der Waals surface area contributed by atoms with Crippen LogP contribution in [0.1, 0.15) is 28.6 Å². The van der Waals surface area contributed by atoms with E-state index < -0.39 is 0 Å². The minimum Gasteiger partial charge on any atom is -0.375 e. The van der Waals surface area contributed by atoms with Crippen LogP contribution >= 0.6 is 11.3 Å². The van der Waals surface area contributed by atoms with Gasteiger partial charge in [0.2, 0.25) is 5.91 Å². The molecule has 0 aliphatic carbocycles. The van der Waals surface area contributed by atoms with Crippen molar-refractivity contribution in [3.63, 3.8) is 0 Å². The van der Waals surface area contributed by atoms with Crippen molar-refractivity contribution < 1.29 is 4.79 Å². The van der Waals surface area contributed by atoms with Crippen LogP contribution in [0.5, 0.6) is 0 Å². The number of aromatic nitrogens is 2. The van der Waals surface area contributed by atoms with E-state index in [4.69, 9.17) is 0 Å². The number of piperidine rings is 1. The maximum absolute atomic E-state index is 13.1. The first-order valence-electron chi connectivity index (χ1n) is 10.3. The molecule has 1 saturated heterocycles. The number of nitrogens with one attached hydrogen (secondary N) is 1. The lowest BCUT2D eigenvalue weighted by Crippen LogP contribution is -2.49. The second kappa shape index (κ2) is 8.07. The number of nitrogens with zero attached hydrogens (tertiary/aromatic N) is 3. The number of pyridine rings is 2. The van der Waals surface area contributed by atoms with Gasteiger partial charge in [0, 0.05) is 42.3 Å². The zero-order chi connectivity index (χ0) is 20.5. The number of rotatable bonds is 5. The average Bonchev–Trinajstić information content (AvgIpc) is 3.27. The molecular formula is C23H24N4O2S. The molecule has 3 aromatic rings.